The molecule has 0 radical (unpaired) electrons. The van der Waals surface area contributed by atoms with E-state index in [-0.39, 0.29) is 16.6 Å². The molecule has 1 amide bonds. The van der Waals surface area contributed by atoms with Crippen LogP contribution in [-0.4, -0.2) is 10.9 Å². The van der Waals surface area contributed by atoms with Crippen molar-refractivity contribution in [3.05, 3.63) is 30.1 Å². The molecule has 0 bridgehead atoms. The maximum Gasteiger partial charge on any atom is 0.237 e. The molecule has 0 aromatic heterocycles. The van der Waals surface area contributed by atoms with E-state index in [4.69, 9.17) is 18.0 Å². The number of benzene rings is 1. The molecule has 0 aliphatic heterocycles. The van der Waals surface area contributed by atoms with E-state index in [0.29, 0.717) is 18.8 Å². The molecule has 0 heterocycles. The smallest absolute Gasteiger partial charge is 0.237 e. The molecule has 2 rings (SSSR count). The third-order valence-corrected chi connectivity index (χ3v) is 3.81. The molecule has 1 saturated carbocycles. The van der Waals surface area contributed by atoms with Crippen molar-refractivity contribution in [2.45, 2.75) is 19.8 Å². The first-order valence-electron chi connectivity index (χ1n) is 5.81. The van der Waals surface area contributed by atoms with Gasteiger partial charge >= 0.3 is 0 Å². The molecular weight excluding hydrogens is 251 g/mol. The second-order valence-electron chi connectivity index (χ2n) is 4.89. The standard InChI is InChI=1S/C13H15FN2OS/c1-8-6-13(7-8,11(15)18)12(17)16-10-5-3-2-4-9(10)14/h2-5,8H,6-7H2,1H3,(H2,15,18)(H,16,17). The van der Waals surface area contributed by atoms with Gasteiger partial charge in [-0.2, -0.15) is 0 Å². The summed E-state index contributed by atoms with van der Waals surface area (Å²) in [6, 6.07) is 6.05. The van der Waals surface area contributed by atoms with E-state index in [2.05, 4.69) is 5.32 Å². The fourth-order valence-electron chi connectivity index (χ4n) is 2.43. The minimum absolute atomic E-state index is 0.165. The summed E-state index contributed by atoms with van der Waals surface area (Å²) in [6.07, 6.45) is 1.26. The number of hydrogen-bond donors (Lipinski definition) is 2. The van der Waals surface area contributed by atoms with Crippen LogP contribution >= 0.6 is 12.2 Å². The minimum atomic E-state index is -0.809. The molecule has 1 fully saturated rings. The lowest BCUT2D eigenvalue weighted by molar-refractivity contribution is -0.127. The second kappa shape index (κ2) is 4.65. The largest absolute Gasteiger partial charge is 0.392 e. The Hall–Kier alpha value is -1.49. The highest BCUT2D eigenvalue weighted by molar-refractivity contribution is 7.80. The van der Waals surface area contributed by atoms with Gasteiger partial charge in [-0.3, -0.25) is 4.79 Å². The van der Waals surface area contributed by atoms with Gasteiger partial charge in [-0.1, -0.05) is 31.3 Å². The number of rotatable bonds is 3. The van der Waals surface area contributed by atoms with E-state index < -0.39 is 11.2 Å². The van der Waals surface area contributed by atoms with Crippen molar-refractivity contribution in [1.29, 1.82) is 0 Å². The zero-order chi connectivity index (χ0) is 13.3. The van der Waals surface area contributed by atoms with Crippen LogP contribution in [0.2, 0.25) is 0 Å². The van der Waals surface area contributed by atoms with Gasteiger partial charge in [-0.25, -0.2) is 4.39 Å². The molecule has 3 nitrogen and oxygen atoms in total. The van der Waals surface area contributed by atoms with Gasteiger partial charge in [0.05, 0.1) is 16.1 Å². The average molecular weight is 266 g/mol. The maximum absolute atomic E-state index is 13.5. The summed E-state index contributed by atoms with van der Waals surface area (Å²) in [6.45, 7) is 2.03. The van der Waals surface area contributed by atoms with Crippen LogP contribution in [0.25, 0.3) is 0 Å². The topological polar surface area (TPSA) is 55.1 Å². The van der Waals surface area contributed by atoms with Gasteiger partial charge in [0.2, 0.25) is 5.91 Å². The van der Waals surface area contributed by atoms with Crippen LogP contribution in [0.5, 0.6) is 0 Å². The third-order valence-electron chi connectivity index (χ3n) is 3.42. The van der Waals surface area contributed by atoms with Crippen molar-refractivity contribution in [2.24, 2.45) is 17.1 Å². The molecule has 96 valence electrons. The quantitative estimate of drug-likeness (QED) is 0.826. The van der Waals surface area contributed by atoms with E-state index in [9.17, 15) is 9.18 Å². The highest BCUT2D eigenvalue weighted by atomic mass is 32.1. The van der Waals surface area contributed by atoms with Crippen molar-refractivity contribution >= 4 is 28.8 Å². The first kappa shape index (κ1) is 13.0. The summed E-state index contributed by atoms with van der Waals surface area (Å²) in [7, 11) is 0. The molecule has 1 aromatic carbocycles. The van der Waals surface area contributed by atoms with Crippen LogP contribution in [0, 0.1) is 17.2 Å². The monoisotopic (exact) mass is 266 g/mol. The Morgan fingerprint density at radius 3 is 2.61 bits per heavy atom. The molecule has 3 N–H and O–H groups in total. The van der Waals surface area contributed by atoms with Crippen LogP contribution in [0.1, 0.15) is 19.8 Å². The van der Waals surface area contributed by atoms with Crippen molar-refractivity contribution in [3.8, 4) is 0 Å². The van der Waals surface area contributed by atoms with Gasteiger partial charge in [0.25, 0.3) is 0 Å². The number of anilines is 1. The Balaban J connectivity index is 2.17. The molecule has 0 spiro atoms. The maximum atomic E-state index is 13.5. The van der Waals surface area contributed by atoms with Gasteiger partial charge < -0.3 is 11.1 Å². The predicted molar refractivity (Wildman–Crippen MR) is 72.6 cm³/mol. The van der Waals surface area contributed by atoms with E-state index in [1.807, 2.05) is 6.92 Å². The number of nitrogens with two attached hydrogens (primary N) is 1. The molecular formula is C13H15FN2OS. The van der Waals surface area contributed by atoms with Crippen LogP contribution in [0.15, 0.2) is 24.3 Å². The van der Waals surface area contributed by atoms with Crippen molar-refractivity contribution in [2.75, 3.05) is 5.32 Å². The highest BCUT2D eigenvalue weighted by Crippen LogP contribution is 2.46. The summed E-state index contributed by atoms with van der Waals surface area (Å²) < 4.78 is 13.5. The summed E-state index contributed by atoms with van der Waals surface area (Å²) in [5, 5.41) is 2.57. The summed E-state index contributed by atoms with van der Waals surface area (Å²) in [5.41, 5.74) is 5.02. The molecule has 5 heteroatoms. The number of para-hydroxylation sites is 1. The highest BCUT2D eigenvalue weighted by Gasteiger charge is 2.50. The SMILES string of the molecule is CC1CC(C(=O)Nc2ccccc2F)(C(N)=S)C1. The van der Waals surface area contributed by atoms with Crippen LogP contribution in [0.3, 0.4) is 0 Å². The molecule has 1 aromatic rings. The zero-order valence-electron chi connectivity index (χ0n) is 10.1. The van der Waals surface area contributed by atoms with Gasteiger partial charge in [0, 0.05) is 0 Å². The Labute approximate surface area is 111 Å². The average Bonchev–Trinajstić information content (AvgIpc) is 2.27. The molecule has 1 aliphatic rings. The zero-order valence-corrected chi connectivity index (χ0v) is 10.9. The molecule has 0 unspecified atom stereocenters. The van der Waals surface area contributed by atoms with Crippen molar-refractivity contribution in [1.82, 2.24) is 0 Å². The van der Waals surface area contributed by atoms with Gasteiger partial charge in [0.15, 0.2) is 0 Å². The van der Waals surface area contributed by atoms with E-state index in [1.54, 1.807) is 12.1 Å². The summed E-state index contributed by atoms with van der Waals surface area (Å²) in [5.74, 6) is -0.354. The van der Waals surface area contributed by atoms with Crippen LogP contribution < -0.4 is 11.1 Å². The fourth-order valence-corrected chi connectivity index (χ4v) is 2.69. The van der Waals surface area contributed by atoms with E-state index in [0.717, 1.165) is 0 Å². The number of carbonyl (C=O) groups excluding carboxylic acids is 1. The lowest BCUT2D eigenvalue weighted by Gasteiger charge is -2.44. The fraction of sp³-hybridized carbons (Fsp3) is 0.385. The Morgan fingerprint density at radius 2 is 2.11 bits per heavy atom. The van der Waals surface area contributed by atoms with Crippen LogP contribution in [0.4, 0.5) is 10.1 Å². The number of halogens is 1. The number of hydrogen-bond acceptors (Lipinski definition) is 2. The molecule has 0 atom stereocenters. The Kier molecular flexibility index (Phi) is 3.34. The number of amides is 1. The van der Waals surface area contributed by atoms with Crippen molar-refractivity contribution < 1.29 is 9.18 Å². The lowest BCUT2D eigenvalue weighted by atomic mass is 9.62. The third kappa shape index (κ3) is 2.10. The second-order valence-corrected chi connectivity index (χ2v) is 5.33. The lowest BCUT2D eigenvalue weighted by Crippen LogP contribution is -2.53. The van der Waals surface area contributed by atoms with E-state index in [1.165, 1.54) is 12.1 Å². The first-order valence-corrected chi connectivity index (χ1v) is 6.22. The summed E-state index contributed by atoms with van der Waals surface area (Å²) in [4.78, 5) is 12.4. The van der Waals surface area contributed by atoms with E-state index >= 15 is 0 Å². The molecule has 0 saturated heterocycles. The number of carbonyl (C=O) groups is 1. The number of thiocarbonyl (C=S) groups is 1. The predicted octanol–water partition coefficient (Wildman–Crippen LogP) is 2.47. The molecule has 1 aliphatic carbocycles. The van der Waals surface area contributed by atoms with Gasteiger partial charge in [-0.15, -0.1) is 0 Å². The molecule has 18 heavy (non-hydrogen) atoms. The van der Waals surface area contributed by atoms with Crippen molar-refractivity contribution in [3.63, 3.8) is 0 Å². The Morgan fingerprint density at radius 1 is 1.50 bits per heavy atom. The first-order chi connectivity index (χ1) is 8.45. The van der Waals surface area contributed by atoms with Gasteiger partial charge in [0.1, 0.15) is 5.82 Å². The number of nitrogens with one attached hydrogen (secondary N) is 1. The summed E-state index contributed by atoms with van der Waals surface area (Å²) >= 11 is 4.98. The normalized spacial score (nSPS) is 26.2. The Bertz CT molecular complexity index is 498. The van der Waals surface area contributed by atoms with Gasteiger partial charge in [-0.05, 0) is 30.9 Å². The van der Waals surface area contributed by atoms with Crippen LogP contribution in [-0.2, 0) is 4.79 Å². The minimum Gasteiger partial charge on any atom is -0.392 e.